The van der Waals surface area contributed by atoms with Gasteiger partial charge in [0.2, 0.25) is 0 Å². The third kappa shape index (κ3) is 3.82. The summed E-state index contributed by atoms with van der Waals surface area (Å²) < 4.78 is 27.3. The maximum atomic E-state index is 13.7. The Bertz CT molecular complexity index is 977. The molecule has 0 fully saturated rings. The lowest BCUT2D eigenvalue weighted by Gasteiger charge is -2.09. The molecule has 0 atom stereocenters. The van der Waals surface area contributed by atoms with E-state index in [-0.39, 0.29) is 5.56 Å². The van der Waals surface area contributed by atoms with Crippen molar-refractivity contribution in [1.29, 1.82) is 5.26 Å². The number of aromatic nitrogens is 1. The fourth-order valence-corrected chi connectivity index (χ4v) is 2.22. The summed E-state index contributed by atoms with van der Waals surface area (Å²) in [6.45, 7) is 0. The molecule has 0 aliphatic rings. The molecule has 0 aliphatic heterocycles. The maximum absolute atomic E-state index is 13.7. The van der Waals surface area contributed by atoms with Crippen molar-refractivity contribution in [3.8, 4) is 6.07 Å². The Balaban J connectivity index is 1.78. The lowest BCUT2D eigenvalue weighted by Crippen LogP contribution is -2.14. The summed E-state index contributed by atoms with van der Waals surface area (Å²) in [7, 11) is 0. The van der Waals surface area contributed by atoms with Gasteiger partial charge in [-0.2, -0.15) is 5.26 Å². The van der Waals surface area contributed by atoms with E-state index in [4.69, 9.17) is 5.26 Å². The van der Waals surface area contributed by atoms with Gasteiger partial charge in [-0.05, 0) is 48.5 Å². The van der Waals surface area contributed by atoms with Crippen molar-refractivity contribution in [3.05, 3.63) is 83.6 Å². The molecule has 0 aliphatic carbocycles. The first-order valence-corrected chi connectivity index (χ1v) is 7.55. The normalized spacial score (nSPS) is 10.0. The lowest BCUT2D eigenvalue weighted by molar-refractivity contribution is 0.102. The highest BCUT2D eigenvalue weighted by Crippen LogP contribution is 2.20. The topological polar surface area (TPSA) is 77.8 Å². The zero-order valence-electron chi connectivity index (χ0n) is 13.3. The molecule has 128 valence electrons. The summed E-state index contributed by atoms with van der Waals surface area (Å²) >= 11 is 0. The fraction of sp³-hybridized carbons (Fsp3) is 0. The quantitative estimate of drug-likeness (QED) is 0.738. The highest BCUT2D eigenvalue weighted by atomic mass is 19.1. The summed E-state index contributed by atoms with van der Waals surface area (Å²) in [6.07, 6.45) is 1.40. The van der Waals surface area contributed by atoms with Gasteiger partial charge in [0.1, 0.15) is 23.1 Å². The van der Waals surface area contributed by atoms with Crippen molar-refractivity contribution in [3.63, 3.8) is 0 Å². The summed E-state index contributed by atoms with van der Waals surface area (Å²) in [5, 5.41) is 14.0. The van der Waals surface area contributed by atoms with Crippen LogP contribution in [0.15, 0.2) is 60.8 Å². The Morgan fingerprint density at radius 1 is 1.04 bits per heavy atom. The van der Waals surface area contributed by atoms with Crippen LogP contribution in [0.1, 0.15) is 15.9 Å². The summed E-state index contributed by atoms with van der Waals surface area (Å²) in [6, 6.07) is 14.9. The molecule has 0 bridgehead atoms. The minimum Gasteiger partial charge on any atom is -0.340 e. The number of para-hydroxylation sites is 1. The summed E-state index contributed by atoms with van der Waals surface area (Å²) in [5.41, 5.74) is 0.868. The van der Waals surface area contributed by atoms with Gasteiger partial charge in [-0.1, -0.05) is 6.07 Å². The van der Waals surface area contributed by atoms with Gasteiger partial charge in [0, 0.05) is 17.4 Å². The number of nitriles is 1. The largest absolute Gasteiger partial charge is 0.340 e. The first-order chi connectivity index (χ1) is 12.6. The SMILES string of the molecule is N#Cc1ccc(Nc2cc(C(=O)Nc3c(F)cccc3F)ccn2)cc1. The van der Waals surface area contributed by atoms with Crippen LogP contribution in [0.2, 0.25) is 0 Å². The number of anilines is 3. The van der Waals surface area contributed by atoms with Crippen molar-refractivity contribution in [2.45, 2.75) is 0 Å². The maximum Gasteiger partial charge on any atom is 0.256 e. The fourth-order valence-electron chi connectivity index (χ4n) is 2.22. The van der Waals surface area contributed by atoms with Crippen LogP contribution in [0.5, 0.6) is 0 Å². The van der Waals surface area contributed by atoms with Crippen molar-refractivity contribution in [1.82, 2.24) is 4.98 Å². The number of nitrogens with zero attached hydrogens (tertiary/aromatic N) is 2. The third-order valence-corrected chi connectivity index (χ3v) is 3.51. The molecule has 2 N–H and O–H groups in total. The van der Waals surface area contributed by atoms with Crippen LogP contribution in [0.3, 0.4) is 0 Å². The number of amides is 1. The van der Waals surface area contributed by atoms with Gasteiger partial charge >= 0.3 is 0 Å². The van der Waals surface area contributed by atoms with Gasteiger partial charge < -0.3 is 10.6 Å². The van der Waals surface area contributed by atoms with Crippen LogP contribution in [-0.2, 0) is 0 Å². The molecular formula is C19H12F2N4O. The number of hydrogen-bond acceptors (Lipinski definition) is 4. The molecule has 3 rings (SSSR count). The molecule has 26 heavy (non-hydrogen) atoms. The van der Waals surface area contributed by atoms with Gasteiger partial charge in [-0.3, -0.25) is 4.79 Å². The van der Waals surface area contributed by atoms with E-state index in [0.29, 0.717) is 17.1 Å². The van der Waals surface area contributed by atoms with E-state index < -0.39 is 23.2 Å². The van der Waals surface area contributed by atoms with E-state index in [0.717, 1.165) is 12.1 Å². The molecule has 3 aromatic rings. The molecule has 1 heterocycles. The number of hydrogen-bond donors (Lipinski definition) is 2. The second-order valence-corrected chi connectivity index (χ2v) is 5.29. The molecule has 0 saturated heterocycles. The van der Waals surface area contributed by atoms with Gasteiger partial charge in [0.15, 0.2) is 0 Å². The molecule has 0 saturated carbocycles. The standard InChI is InChI=1S/C19H12F2N4O/c20-15-2-1-3-16(21)18(15)25-19(26)13-8-9-23-17(10-13)24-14-6-4-12(11-22)5-7-14/h1-10H,(H,23,24)(H,25,26). The molecule has 5 nitrogen and oxygen atoms in total. The van der Waals surface area contributed by atoms with Crippen LogP contribution >= 0.6 is 0 Å². The number of halogens is 2. The van der Waals surface area contributed by atoms with E-state index in [1.54, 1.807) is 24.3 Å². The minimum atomic E-state index is -0.858. The van der Waals surface area contributed by atoms with Crippen molar-refractivity contribution < 1.29 is 13.6 Å². The molecule has 0 unspecified atom stereocenters. The Morgan fingerprint density at radius 2 is 1.73 bits per heavy atom. The second kappa shape index (κ2) is 7.40. The van der Waals surface area contributed by atoms with Crippen molar-refractivity contribution in [2.24, 2.45) is 0 Å². The number of benzene rings is 2. The highest BCUT2D eigenvalue weighted by molar-refractivity contribution is 6.04. The van der Waals surface area contributed by atoms with Crippen LogP contribution in [0.4, 0.5) is 26.0 Å². The van der Waals surface area contributed by atoms with Crippen LogP contribution in [0, 0.1) is 23.0 Å². The van der Waals surface area contributed by atoms with E-state index in [2.05, 4.69) is 15.6 Å². The first kappa shape index (κ1) is 17.0. The number of nitrogens with one attached hydrogen (secondary N) is 2. The zero-order valence-corrected chi connectivity index (χ0v) is 13.3. The van der Waals surface area contributed by atoms with Crippen molar-refractivity contribution >= 4 is 23.1 Å². The molecule has 2 aromatic carbocycles. The second-order valence-electron chi connectivity index (χ2n) is 5.29. The van der Waals surface area contributed by atoms with Crippen LogP contribution < -0.4 is 10.6 Å². The summed E-state index contributed by atoms with van der Waals surface area (Å²) in [4.78, 5) is 16.4. The Labute approximate surface area is 147 Å². The monoisotopic (exact) mass is 350 g/mol. The highest BCUT2D eigenvalue weighted by Gasteiger charge is 2.14. The molecule has 0 spiro atoms. The van der Waals surface area contributed by atoms with E-state index in [1.165, 1.54) is 24.4 Å². The predicted octanol–water partition coefficient (Wildman–Crippen LogP) is 4.23. The van der Waals surface area contributed by atoms with Crippen LogP contribution in [-0.4, -0.2) is 10.9 Å². The van der Waals surface area contributed by atoms with Crippen LogP contribution in [0.25, 0.3) is 0 Å². The summed E-state index contributed by atoms with van der Waals surface area (Å²) in [5.74, 6) is -2.01. The van der Waals surface area contributed by atoms with Gasteiger partial charge in [0.05, 0.1) is 11.6 Å². The Kier molecular flexibility index (Phi) is 4.85. The average molecular weight is 350 g/mol. The van der Waals surface area contributed by atoms with E-state index in [1.807, 2.05) is 6.07 Å². The lowest BCUT2D eigenvalue weighted by atomic mass is 10.2. The van der Waals surface area contributed by atoms with Gasteiger partial charge in [0.25, 0.3) is 5.91 Å². The molecule has 7 heteroatoms. The number of carbonyl (C=O) groups is 1. The Hall–Kier alpha value is -3.79. The minimum absolute atomic E-state index is 0.179. The molecular weight excluding hydrogens is 338 g/mol. The predicted molar refractivity (Wildman–Crippen MR) is 93.0 cm³/mol. The third-order valence-electron chi connectivity index (χ3n) is 3.51. The molecule has 1 amide bonds. The van der Waals surface area contributed by atoms with Gasteiger partial charge in [-0.25, -0.2) is 13.8 Å². The number of pyridine rings is 1. The molecule has 0 radical (unpaired) electrons. The Morgan fingerprint density at radius 3 is 2.38 bits per heavy atom. The molecule has 1 aromatic heterocycles. The van der Waals surface area contributed by atoms with E-state index >= 15 is 0 Å². The first-order valence-electron chi connectivity index (χ1n) is 7.55. The van der Waals surface area contributed by atoms with Crippen molar-refractivity contribution in [2.75, 3.05) is 10.6 Å². The zero-order chi connectivity index (χ0) is 18.5. The van der Waals surface area contributed by atoms with Gasteiger partial charge in [-0.15, -0.1) is 0 Å². The smallest absolute Gasteiger partial charge is 0.256 e. The number of carbonyl (C=O) groups excluding carboxylic acids is 1. The van der Waals surface area contributed by atoms with E-state index in [9.17, 15) is 13.6 Å². The average Bonchev–Trinajstić information content (AvgIpc) is 2.65. The number of rotatable bonds is 4.